The molecular weight excluding hydrogens is 316 g/mol. The highest BCUT2D eigenvalue weighted by molar-refractivity contribution is 6.01. The summed E-state index contributed by atoms with van der Waals surface area (Å²) in [5.74, 6) is -1.40. The molecule has 2 aromatic rings. The topological polar surface area (TPSA) is 62.6 Å². The number of quaternary nitrogens is 1. The van der Waals surface area contributed by atoms with Gasteiger partial charge in [0, 0.05) is 5.56 Å². The number of likely N-dealkylation sites (N-methyl/N-ethyl adjacent to an activating group) is 1. The van der Waals surface area contributed by atoms with Gasteiger partial charge in [0.15, 0.2) is 6.54 Å². The molecule has 1 atom stereocenters. The van der Waals surface area contributed by atoms with Crippen LogP contribution >= 0.6 is 0 Å². The number of rotatable bonds is 5. The molecule has 3 N–H and O–H groups in total. The zero-order valence-electron chi connectivity index (χ0n) is 13.1. The van der Waals surface area contributed by atoms with Crippen LogP contribution in [0.5, 0.6) is 0 Å². The van der Waals surface area contributed by atoms with E-state index in [1.54, 1.807) is 25.2 Å². The lowest BCUT2D eigenvalue weighted by Crippen LogP contribution is -3.09. The molecular formula is C17H18F2N3O2+. The van der Waals surface area contributed by atoms with Crippen molar-refractivity contribution in [3.63, 3.8) is 0 Å². The van der Waals surface area contributed by atoms with Gasteiger partial charge in [-0.2, -0.15) is 0 Å². The number of carbonyl (C=O) groups is 2. The number of nitrogens with one attached hydrogen (secondary N) is 3. The Morgan fingerprint density at radius 3 is 2.38 bits per heavy atom. The Hall–Kier alpha value is -2.80. The summed E-state index contributed by atoms with van der Waals surface area (Å²) in [6.45, 7) is 0.546. The van der Waals surface area contributed by atoms with Crippen molar-refractivity contribution < 1.29 is 23.3 Å². The molecule has 0 saturated carbocycles. The summed E-state index contributed by atoms with van der Waals surface area (Å²) in [5.41, 5.74) is 0.868. The van der Waals surface area contributed by atoms with Gasteiger partial charge in [-0.3, -0.25) is 10.1 Å². The van der Waals surface area contributed by atoms with Crippen LogP contribution in [0, 0.1) is 11.6 Å². The number of para-hydroxylation sites is 1. The molecule has 126 valence electrons. The third-order valence-corrected chi connectivity index (χ3v) is 3.26. The van der Waals surface area contributed by atoms with Crippen LogP contribution in [-0.2, 0) is 11.3 Å². The molecule has 0 aliphatic rings. The summed E-state index contributed by atoms with van der Waals surface area (Å²) < 4.78 is 26.3. The quantitative estimate of drug-likeness (QED) is 0.772. The van der Waals surface area contributed by atoms with E-state index in [0.29, 0.717) is 6.54 Å². The zero-order chi connectivity index (χ0) is 17.5. The summed E-state index contributed by atoms with van der Waals surface area (Å²) >= 11 is 0. The number of imide groups is 1. The second kappa shape index (κ2) is 8.16. The lowest BCUT2D eigenvalue weighted by Gasteiger charge is -2.14. The van der Waals surface area contributed by atoms with Crippen molar-refractivity contribution in [2.75, 3.05) is 18.9 Å². The summed E-state index contributed by atoms with van der Waals surface area (Å²) in [7, 11) is 1.78. The number of hydrogen-bond acceptors (Lipinski definition) is 2. The highest BCUT2D eigenvalue weighted by atomic mass is 19.1. The largest absolute Gasteiger partial charge is 0.326 e. The number of anilines is 1. The summed E-state index contributed by atoms with van der Waals surface area (Å²) in [6.07, 6.45) is 0. The summed E-state index contributed by atoms with van der Waals surface area (Å²) in [5, 5.41) is 4.42. The summed E-state index contributed by atoms with van der Waals surface area (Å²) in [4.78, 5) is 24.3. The van der Waals surface area contributed by atoms with Crippen LogP contribution in [0.25, 0.3) is 0 Å². The molecule has 2 aromatic carbocycles. The molecule has 7 heteroatoms. The fraction of sp³-hybridized carbons (Fsp3) is 0.176. The maximum absolute atomic E-state index is 13.4. The molecule has 2 rings (SSSR count). The van der Waals surface area contributed by atoms with E-state index in [4.69, 9.17) is 0 Å². The minimum absolute atomic E-state index is 0.00480. The average Bonchev–Trinajstić information content (AvgIpc) is 2.51. The second-order valence-electron chi connectivity index (χ2n) is 5.42. The predicted octanol–water partition coefficient (Wildman–Crippen LogP) is 1.33. The van der Waals surface area contributed by atoms with Gasteiger partial charge in [-0.05, 0) is 24.3 Å². The van der Waals surface area contributed by atoms with Crippen LogP contribution in [0.1, 0.15) is 5.56 Å². The second-order valence-corrected chi connectivity index (χ2v) is 5.42. The standard InChI is InChI=1S/C17H17F2N3O2/c1-22(10-12-6-8-13(18)9-7-12)11-16(23)21-17(24)20-15-5-3-2-4-14(15)19/h2-9H,10-11H2,1H3,(H2,20,21,23,24)/p+1. The molecule has 0 aliphatic heterocycles. The third kappa shape index (κ3) is 5.44. The molecule has 0 aliphatic carbocycles. The Kier molecular flexibility index (Phi) is 5.97. The third-order valence-electron chi connectivity index (χ3n) is 3.26. The first-order valence-corrected chi connectivity index (χ1v) is 7.35. The van der Waals surface area contributed by atoms with Crippen LogP contribution in [0.3, 0.4) is 0 Å². The molecule has 0 bridgehead atoms. The minimum Gasteiger partial charge on any atom is -0.326 e. The first-order chi connectivity index (χ1) is 11.4. The lowest BCUT2D eigenvalue weighted by molar-refractivity contribution is -0.885. The fourth-order valence-electron chi connectivity index (χ4n) is 2.17. The smallest absolute Gasteiger partial charge is 0.326 e. The van der Waals surface area contributed by atoms with E-state index in [0.717, 1.165) is 10.5 Å². The molecule has 0 aromatic heterocycles. The van der Waals surface area contributed by atoms with Crippen LogP contribution in [0.4, 0.5) is 19.3 Å². The zero-order valence-corrected chi connectivity index (χ0v) is 13.1. The molecule has 24 heavy (non-hydrogen) atoms. The van der Waals surface area contributed by atoms with Gasteiger partial charge >= 0.3 is 6.03 Å². The van der Waals surface area contributed by atoms with E-state index in [9.17, 15) is 18.4 Å². The van der Waals surface area contributed by atoms with Crippen LogP contribution < -0.4 is 15.5 Å². The van der Waals surface area contributed by atoms with E-state index in [2.05, 4.69) is 10.6 Å². The van der Waals surface area contributed by atoms with E-state index in [-0.39, 0.29) is 18.0 Å². The van der Waals surface area contributed by atoms with Crippen LogP contribution in [-0.4, -0.2) is 25.5 Å². The van der Waals surface area contributed by atoms with Gasteiger partial charge in [0.2, 0.25) is 0 Å². The molecule has 1 unspecified atom stereocenters. The Labute approximate surface area is 138 Å². The Bertz CT molecular complexity index is 720. The van der Waals surface area contributed by atoms with Gasteiger partial charge < -0.3 is 10.2 Å². The number of amides is 3. The number of benzene rings is 2. The number of halogens is 2. The summed E-state index contributed by atoms with van der Waals surface area (Å²) in [6, 6.07) is 10.9. The lowest BCUT2D eigenvalue weighted by atomic mass is 10.2. The van der Waals surface area contributed by atoms with Crippen LogP contribution in [0.15, 0.2) is 48.5 Å². The fourth-order valence-corrected chi connectivity index (χ4v) is 2.17. The molecule has 0 spiro atoms. The van der Waals surface area contributed by atoms with Gasteiger partial charge in [-0.25, -0.2) is 13.6 Å². The van der Waals surface area contributed by atoms with Crippen molar-refractivity contribution in [3.8, 4) is 0 Å². The van der Waals surface area contributed by atoms with Crippen molar-refractivity contribution in [2.24, 2.45) is 0 Å². The molecule has 5 nitrogen and oxygen atoms in total. The maximum Gasteiger partial charge on any atom is 0.326 e. The first-order valence-electron chi connectivity index (χ1n) is 7.35. The molecule has 0 radical (unpaired) electrons. The monoisotopic (exact) mass is 334 g/mol. The van der Waals surface area contributed by atoms with E-state index < -0.39 is 17.8 Å². The van der Waals surface area contributed by atoms with Crippen LogP contribution in [0.2, 0.25) is 0 Å². The number of hydrogen-bond donors (Lipinski definition) is 3. The molecule has 3 amide bonds. The maximum atomic E-state index is 13.4. The van der Waals surface area contributed by atoms with Gasteiger partial charge in [-0.15, -0.1) is 0 Å². The SMILES string of the molecule is C[NH+](CC(=O)NC(=O)Nc1ccccc1F)Cc1ccc(F)cc1. The van der Waals surface area contributed by atoms with E-state index >= 15 is 0 Å². The van der Waals surface area contributed by atoms with Gasteiger partial charge in [0.05, 0.1) is 12.7 Å². The normalized spacial score (nSPS) is 11.6. The molecule has 0 saturated heterocycles. The van der Waals surface area contributed by atoms with Crippen molar-refractivity contribution in [2.45, 2.75) is 6.54 Å². The predicted molar refractivity (Wildman–Crippen MR) is 85.4 cm³/mol. The first kappa shape index (κ1) is 17.6. The van der Waals surface area contributed by atoms with Gasteiger partial charge in [0.1, 0.15) is 18.2 Å². The molecule has 0 heterocycles. The Morgan fingerprint density at radius 2 is 1.71 bits per heavy atom. The average molecular weight is 334 g/mol. The van der Waals surface area contributed by atoms with Crippen molar-refractivity contribution in [1.82, 2.24) is 5.32 Å². The highest BCUT2D eigenvalue weighted by Gasteiger charge is 2.14. The highest BCUT2D eigenvalue weighted by Crippen LogP contribution is 2.11. The van der Waals surface area contributed by atoms with E-state index in [1.165, 1.54) is 30.3 Å². The number of urea groups is 1. The Balaban J connectivity index is 1.80. The van der Waals surface area contributed by atoms with Crippen molar-refractivity contribution in [1.29, 1.82) is 0 Å². The molecule has 0 fully saturated rings. The van der Waals surface area contributed by atoms with Crippen molar-refractivity contribution >= 4 is 17.6 Å². The number of carbonyl (C=O) groups excluding carboxylic acids is 2. The van der Waals surface area contributed by atoms with Gasteiger partial charge in [-0.1, -0.05) is 24.3 Å². The van der Waals surface area contributed by atoms with E-state index in [1.807, 2.05) is 0 Å². The van der Waals surface area contributed by atoms with Gasteiger partial charge in [0.25, 0.3) is 5.91 Å². The Morgan fingerprint density at radius 1 is 1.04 bits per heavy atom. The van der Waals surface area contributed by atoms with Crippen molar-refractivity contribution in [3.05, 3.63) is 65.7 Å². The minimum atomic E-state index is -0.792.